The van der Waals surface area contributed by atoms with Gasteiger partial charge in [-0.05, 0) is 18.3 Å². The Hall–Kier alpha value is -0.0800. The molecule has 1 saturated carbocycles. The van der Waals surface area contributed by atoms with Gasteiger partial charge in [0, 0.05) is 6.61 Å². The van der Waals surface area contributed by atoms with Crippen LogP contribution in [0.1, 0.15) is 20.3 Å². The van der Waals surface area contributed by atoms with Crippen molar-refractivity contribution < 1.29 is 10.2 Å². The Bertz CT molecular complexity index is 103. The van der Waals surface area contributed by atoms with Gasteiger partial charge in [0.05, 0.1) is 5.60 Å². The first-order valence-electron chi connectivity index (χ1n) is 3.46. The van der Waals surface area contributed by atoms with Gasteiger partial charge in [-0.1, -0.05) is 13.8 Å². The van der Waals surface area contributed by atoms with Gasteiger partial charge in [0.25, 0.3) is 0 Å². The highest BCUT2D eigenvalue weighted by Crippen LogP contribution is 2.51. The second kappa shape index (κ2) is 1.96. The first-order valence-corrected chi connectivity index (χ1v) is 3.46. The predicted molar refractivity (Wildman–Crippen MR) is 35.0 cm³/mol. The molecule has 2 heteroatoms. The summed E-state index contributed by atoms with van der Waals surface area (Å²) in [7, 11) is 0. The maximum absolute atomic E-state index is 9.51. The van der Waals surface area contributed by atoms with E-state index in [-0.39, 0.29) is 6.61 Å². The third kappa shape index (κ3) is 0.864. The molecule has 1 aliphatic carbocycles. The van der Waals surface area contributed by atoms with Crippen LogP contribution in [-0.4, -0.2) is 22.4 Å². The Kier molecular flexibility index (Phi) is 1.53. The molecule has 0 bridgehead atoms. The minimum absolute atomic E-state index is 0.102. The van der Waals surface area contributed by atoms with Gasteiger partial charge < -0.3 is 10.2 Å². The summed E-state index contributed by atoms with van der Waals surface area (Å²) < 4.78 is 0. The first kappa shape index (κ1) is 7.03. The molecule has 0 spiro atoms. The van der Waals surface area contributed by atoms with Crippen LogP contribution in [0.2, 0.25) is 0 Å². The smallest absolute Gasteiger partial charge is 0.0727 e. The van der Waals surface area contributed by atoms with Gasteiger partial charge in [-0.2, -0.15) is 0 Å². The quantitative estimate of drug-likeness (QED) is 0.567. The van der Waals surface area contributed by atoms with Crippen molar-refractivity contribution in [2.24, 2.45) is 11.8 Å². The molecule has 54 valence electrons. The molecule has 1 rings (SSSR count). The number of hydrogen-bond donors (Lipinski definition) is 2. The Morgan fingerprint density at radius 3 is 1.89 bits per heavy atom. The average molecular weight is 130 g/mol. The van der Waals surface area contributed by atoms with Crippen molar-refractivity contribution in [3.63, 3.8) is 0 Å². The monoisotopic (exact) mass is 130 g/mol. The minimum atomic E-state index is -0.533. The van der Waals surface area contributed by atoms with Crippen LogP contribution in [0.25, 0.3) is 0 Å². The van der Waals surface area contributed by atoms with Crippen LogP contribution in [-0.2, 0) is 0 Å². The maximum atomic E-state index is 9.51. The third-order valence-corrected chi connectivity index (χ3v) is 2.73. The van der Waals surface area contributed by atoms with E-state index in [0.717, 1.165) is 0 Å². The molecule has 0 saturated heterocycles. The SMILES string of the molecule is CC1C(C)C1(O)CCO. The second-order valence-electron chi connectivity index (χ2n) is 3.04. The molecule has 2 N–H and O–H groups in total. The van der Waals surface area contributed by atoms with Crippen molar-refractivity contribution in [3.05, 3.63) is 0 Å². The fourth-order valence-corrected chi connectivity index (χ4v) is 1.47. The van der Waals surface area contributed by atoms with Crippen molar-refractivity contribution in [3.8, 4) is 0 Å². The highest BCUT2D eigenvalue weighted by molar-refractivity contribution is 5.07. The van der Waals surface area contributed by atoms with Crippen molar-refractivity contribution in [1.82, 2.24) is 0 Å². The van der Waals surface area contributed by atoms with Gasteiger partial charge in [-0.25, -0.2) is 0 Å². The molecule has 2 nitrogen and oxygen atoms in total. The minimum Gasteiger partial charge on any atom is -0.396 e. The van der Waals surface area contributed by atoms with E-state index in [1.54, 1.807) is 0 Å². The van der Waals surface area contributed by atoms with E-state index in [2.05, 4.69) is 0 Å². The normalized spacial score (nSPS) is 49.3. The van der Waals surface area contributed by atoms with Crippen LogP contribution in [0.4, 0.5) is 0 Å². The van der Waals surface area contributed by atoms with E-state index in [4.69, 9.17) is 5.11 Å². The molecule has 0 heterocycles. The van der Waals surface area contributed by atoms with E-state index in [9.17, 15) is 5.11 Å². The topological polar surface area (TPSA) is 40.5 Å². The first-order chi connectivity index (χ1) is 4.13. The number of hydrogen-bond acceptors (Lipinski definition) is 2. The number of rotatable bonds is 2. The summed E-state index contributed by atoms with van der Waals surface area (Å²) in [5.74, 6) is 0.759. The lowest BCUT2D eigenvalue weighted by atomic mass is 10.2. The molecule has 0 radical (unpaired) electrons. The lowest BCUT2D eigenvalue weighted by molar-refractivity contribution is 0.0880. The molecule has 0 amide bonds. The maximum Gasteiger partial charge on any atom is 0.0727 e. The molecule has 1 aliphatic rings. The summed E-state index contributed by atoms with van der Waals surface area (Å²) in [5, 5.41) is 18.0. The van der Waals surface area contributed by atoms with E-state index >= 15 is 0 Å². The molecular weight excluding hydrogens is 116 g/mol. The Morgan fingerprint density at radius 2 is 1.78 bits per heavy atom. The zero-order valence-corrected chi connectivity index (χ0v) is 5.96. The summed E-state index contributed by atoms with van der Waals surface area (Å²) in [6.07, 6.45) is 0.537. The summed E-state index contributed by atoms with van der Waals surface area (Å²) >= 11 is 0. The van der Waals surface area contributed by atoms with E-state index in [1.807, 2.05) is 13.8 Å². The van der Waals surface area contributed by atoms with Crippen LogP contribution < -0.4 is 0 Å². The molecule has 0 aromatic heterocycles. The van der Waals surface area contributed by atoms with Crippen LogP contribution >= 0.6 is 0 Å². The van der Waals surface area contributed by atoms with Crippen molar-refractivity contribution in [2.75, 3.05) is 6.61 Å². The van der Waals surface area contributed by atoms with Crippen molar-refractivity contribution in [1.29, 1.82) is 0 Å². The molecule has 9 heavy (non-hydrogen) atoms. The van der Waals surface area contributed by atoms with Crippen molar-refractivity contribution >= 4 is 0 Å². The number of aliphatic hydroxyl groups is 2. The fraction of sp³-hybridized carbons (Fsp3) is 1.00. The van der Waals surface area contributed by atoms with Crippen LogP contribution in [0.3, 0.4) is 0 Å². The summed E-state index contributed by atoms with van der Waals surface area (Å²) in [6, 6.07) is 0. The van der Waals surface area contributed by atoms with Gasteiger partial charge in [-0.3, -0.25) is 0 Å². The molecule has 2 unspecified atom stereocenters. The van der Waals surface area contributed by atoms with Gasteiger partial charge >= 0.3 is 0 Å². The molecule has 0 aromatic carbocycles. The molecule has 1 fully saturated rings. The Morgan fingerprint density at radius 1 is 1.33 bits per heavy atom. The van der Waals surface area contributed by atoms with E-state index in [0.29, 0.717) is 18.3 Å². The summed E-state index contributed by atoms with van der Waals surface area (Å²) in [4.78, 5) is 0. The molecule has 0 aliphatic heterocycles. The molecular formula is C7H14O2. The summed E-state index contributed by atoms with van der Waals surface area (Å²) in [6.45, 7) is 4.13. The Balaban J connectivity index is 2.40. The van der Waals surface area contributed by atoms with Gasteiger partial charge in [0.15, 0.2) is 0 Å². The zero-order chi connectivity index (χ0) is 7.07. The summed E-state index contributed by atoms with van der Waals surface area (Å²) in [5.41, 5.74) is -0.533. The molecule has 2 atom stereocenters. The molecule has 0 aromatic rings. The van der Waals surface area contributed by atoms with Crippen LogP contribution in [0, 0.1) is 11.8 Å². The largest absolute Gasteiger partial charge is 0.396 e. The third-order valence-electron chi connectivity index (χ3n) is 2.73. The highest BCUT2D eigenvalue weighted by Gasteiger charge is 2.57. The van der Waals surface area contributed by atoms with Gasteiger partial charge in [-0.15, -0.1) is 0 Å². The lowest BCUT2D eigenvalue weighted by Gasteiger charge is -2.05. The standard InChI is InChI=1S/C7H14O2/c1-5-6(2)7(5,9)3-4-8/h5-6,8-9H,3-4H2,1-2H3. The Labute approximate surface area is 55.5 Å². The predicted octanol–water partition coefficient (Wildman–Crippen LogP) is 0.386. The van der Waals surface area contributed by atoms with Crippen LogP contribution in [0.5, 0.6) is 0 Å². The van der Waals surface area contributed by atoms with Gasteiger partial charge in [0.1, 0.15) is 0 Å². The van der Waals surface area contributed by atoms with E-state index in [1.165, 1.54) is 0 Å². The average Bonchev–Trinajstić information content (AvgIpc) is 2.22. The second-order valence-corrected chi connectivity index (χ2v) is 3.04. The lowest BCUT2D eigenvalue weighted by Crippen LogP contribution is -2.13. The number of aliphatic hydroxyl groups excluding tert-OH is 1. The highest BCUT2D eigenvalue weighted by atomic mass is 16.3. The zero-order valence-electron chi connectivity index (χ0n) is 5.96. The van der Waals surface area contributed by atoms with Crippen LogP contribution in [0.15, 0.2) is 0 Å². The van der Waals surface area contributed by atoms with Crippen molar-refractivity contribution in [2.45, 2.75) is 25.9 Å². The van der Waals surface area contributed by atoms with Gasteiger partial charge in [0.2, 0.25) is 0 Å². The van der Waals surface area contributed by atoms with E-state index < -0.39 is 5.60 Å². The fourth-order valence-electron chi connectivity index (χ4n) is 1.47.